The summed E-state index contributed by atoms with van der Waals surface area (Å²) in [4.78, 5) is 39.8. The smallest absolute Gasteiger partial charge is 0.411 e. The van der Waals surface area contributed by atoms with Gasteiger partial charge < -0.3 is 23.8 Å². The molecule has 0 aliphatic carbocycles. The monoisotopic (exact) mass is 585 g/mol. The Kier molecular flexibility index (Phi) is 12.3. The van der Waals surface area contributed by atoms with Crippen LogP contribution in [0.1, 0.15) is 38.8 Å². The number of ketones is 1. The van der Waals surface area contributed by atoms with E-state index >= 15 is 0 Å². The number of rotatable bonds is 14. The van der Waals surface area contributed by atoms with E-state index < -0.39 is 23.4 Å². The lowest BCUT2D eigenvalue weighted by Gasteiger charge is -2.42. The van der Waals surface area contributed by atoms with E-state index in [0.29, 0.717) is 31.7 Å². The molecule has 11 heteroatoms. The second-order valence-electron chi connectivity index (χ2n) is 11.2. The van der Waals surface area contributed by atoms with Crippen LogP contribution in [0.15, 0.2) is 48.5 Å². The molecule has 2 aromatic carbocycles. The van der Waals surface area contributed by atoms with Gasteiger partial charge >= 0.3 is 11.8 Å². The van der Waals surface area contributed by atoms with Crippen LogP contribution in [0, 0.1) is 27.9 Å². The number of ether oxygens (including phenoxy) is 4. The molecule has 42 heavy (non-hydrogen) atoms. The van der Waals surface area contributed by atoms with E-state index in [9.17, 15) is 19.7 Å². The van der Waals surface area contributed by atoms with Crippen molar-refractivity contribution in [2.75, 3.05) is 40.5 Å². The first-order chi connectivity index (χ1) is 20.0. The summed E-state index contributed by atoms with van der Waals surface area (Å²) in [7, 11) is 3.81. The summed E-state index contributed by atoms with van der Waals surface area (Å²) in [6.07, 6.45) is -1.33. The number of nitrogens with zero attached hydrogens (tertiary/aromatic N) is 3. The van der Waals surface area contributed by atoms with Gasteiger partial charge in [0.25, 0.3) is 0 Å². The van der Waals surface area contributed by atoms with E-state index in [-0.39, 0.29) is 48.3 Å². The lowest BCUT2D eigenvalue weighted by atomic mass is 9.78. The molecule has 230 valence electrons. The number of amides is 1. The Morgan fingerprint density at radius 3 is 2.33 bits per heavy atom. The molecule has 0 bridgehead atoms. The summed E-state index contributed by atoms with van der Waals surface area (Å²) < 4.78 is 23.2. The SMILES string of the molecule is CC(=O)C1OC(Oc2ccc(COC(=O)N(CCN(C)C)COCCc3ccccc3)cc2[N+](=O)[O-])[C@@H](C)[C@@H](C)C1C. The van der Waals surface area contributed by atoms with Crippen LogP contribution in [0.4, 0.5) is 10.5 Å². The van der Waals surface area contributed by atoms with Crippen LogP contribution in [0.25, 0.3) is 0 Å². The van der Waals surface area contributed by atoms with Crippen molar-refractivity contribution in [3.63, 3.8) is 0 Å². The number of carbonyl (C=O) groups is 2. The minimum Gasteiger partial charge on any atom is -0.457 e. The fraction of sp³-hybridized carbons (Fsp3) is 0.548. The van der Waals surface area contributed by atoms with E-state index in [1.54, 1.807) is 6.07 Å². The van der Waals surface area contributed by atoms with Crippen LogP contribution in [0.5, 0.6) is 5.75 Å². The van der Waals surface area contributed by atoms with Gasteiger partial charge in [0.15, 0.2) is 11.5 Å². The molecule has 3 unspecified atom stereocenters. The van der Waals surface area contributed by atoms with E-state index in [2.05, 4.69) is 0 Å². The van der Waals surface area contributed by atoms with Crippen molar-refractivity contribution in [2.24, 2.45) is 17.8 Å². The van der Waals surface area contributed by atoms with Gasteiger partial charge in [-0.2, -0.15) is 0 Å². The van der Waals surface area contributed by atoms with Gasteiger partial charge in [-0.1, -0.05) is 57.2 Å². The van der Waals surface area contributed by atoms with Gasteiger partial charge in [0, 0.05) is 25.1 Å². The second kappa shape index (κ2) is 15.6. The van der Waals surface area contributed by atoms with Gasteiger partial charge in [-0.3, -0.25) is 19.8 Å². The minimum absolute atomic E-state index is 0.00375. The van der Waals surface area contributed by atoms with Crippen LogP contribution in [-0.2, 0) is 32.0 Å². The highest BCUT2D eigenvalue weighted by molar-refractivity contribution is 5.80. The predicted molar refractivity (Wildman–Crippen MR) is 157 cm³/mol. The average molecular weight is 586 g/mol. The zero-order valence-corrected chi connectivity index (χ0v) is 25.4. The summed E-state index contributed by atoms with van der Waals surface area (Å²) >= 11 is 0. The maximum Gasteiger partial charge on any atom is 0.411 e. The molecule has 3 rings (SSSR count). The zero-order valence-electron chi connectivity index (χ0n) is 25.4. The van der Waals surface area contributed by atoms with Crippen LogP contribution in [0.3, 0.4) is 0 Å². The van der Waals surface area contributed by atoms with Crippen molar-refractivity contribution < 1.29 is 33.5 Å². The molecule has 0 aromatic heterocycles. The van der Waals surface area contributed by atoms with E-state index in [1.807, 2.05) is 70.1 Å². The van der Waals surface area contributed by atoms with Gasteiger partial charge in [0.2, 0.25) is 6.29 Å². The molecular weight excluding hydrogens is 542 g/mol. The van der Waals surface area contributed by atoms with Crippen LogP contribution in [0.2, 0.25) is 0 Å². The molecule has 5 atom stereocenters. The Morgan fingerprint density at radius 2 is 1.69 bits per heavy atom. The molecule has 1 amide bonds. The summed E-state index contributed by atoms with van der Waals surface area (Å²) in [6.45, 7) is 8.72. The molecule has 1 aliphatic heterocycles. The number of hydrogen-bond donors (Lipinski definition) is 0. The Balaban J connectivity index is 1.63. The van der Waals surface area contributed by atoms with E-state index in [4.69, 9.17) is 18.9 Å². The molecule has 2 aromatic rings. The van der Waals surface area contributed by atoms with Gasteiger partial charge in [-0.15, -0.1) is 0 Å². The average Bonchev–Trinajstić information content (AvgIpc) is 2.96. The van der Waals surface area contributed by atoms with Crippen LogP contribution in [-0.4, -0.2) is 79.5 Å². The third kappa shape index (κ3) is 9.23. The molecule has 0 spiro atoms. The van der Waals surface area contributed by atoms with Crippen molar-refractivity contribution in [2.45, 2.75) is 53.1 Å². The fourth-order valence-corrected chi connectivity index (χ4v) is 4.79. The minimum atomic E-state index is -0.820. The maximum absolute atomic E-state index is 12.9. The maximum atomic E-state index is 12.9. The summed E-state index contributed by atoms with van der Waals surface area (Å²) in [5, 5.41) is 11.9. The van der Waals surface area contributed by atoms with Crippen LogP contribution < -0.4 is 4.74 Å². The molecule has 0 N–H and O–H groups in total. The van der Waals surface area contributed by atoms with Crippen molar-refractivity contribution in [3.8, 4) is 5.75 Å². The highest BCUT2D eigenvalue weighted by Crippen LogP contribution is 2.38. The number of likely N-dealkylation sites (N-methyl/N-ethyl adjacent to an activating group) is 1. The standard InChI is InChI=1S/C31H43N3O8/c1-21-22(2)29(24(4)35)42-30(23(21)3)41-28-13-12-26(18-27(28)34(37)38)19-40-31(36)33(16-15-32(5)6)20-39-17-14-25-10-8-7-9-11-25/h7-13,18,21-23,29-30H,14-17,19-20H2,1-6H3/t21-,22?,23-,29?,30?/m0/s1. The van der Waals surface area contributed by atoms with E-state index in [1.165, 1.54) is 24.0 Å². The first kappa shape index (κ1) is 33.0. The predicted octanol–water partition coefficient (Wildman–Crippen LogP) is 4.91. The molecule has 0 saturated carbocycles. The fourth-order valence-electron chi connectivity index (χ4n) is 4.79. The van der Waals surface area contributed by atoms with Crippen LogP contribution >= 0.6 is 0 Å². The molecular formula is C31H43N3O8. The normalized spacial score (nSPS) is 22.0. The zero-order chi connectivity index (χ0) is 30.8. The van der Waals surface area contributed by atoms with Crippen molar-refractivity contribution in [1.82, 2.24) is 9.80 Å². The molecule has 1 saturated heterocycles. The van der Waals surface area contributed by atoms with Crippen molar-refractivity contribution in [1.29, 1.82) is 0 Å². The van der Waals surface area contributed by atoms with Crippen molar-refractivity contribution in [3.05, 3.63) is 69.8 Å². The molecule has 1 heterocycles. The number of benzene rings is 2. The Hall–Kier alpha value is -3.54. The Labute approximate surface area is 247 Å². The van der Waals surface area contributed by atoms with Gasteiger partial charge in [-0.25, -0.2) is 4.79 Å². The van der Waals surface area contributed by atoms with Crippen molar-refractivity contribution >= 4 is 17.6 Å². The molecule has 0 radical (unpaired) electrons. The summed E-state index contributed by atoms with van der Waals surface area (Å²) in [5.74, 6) is -0.0823. The largest absolute Gasteiger partial charge is 0.457 e. The molecule has 1 aliphatic rings. The quantitative estimate of drug-likeness (QED) is 0.132. The van der Waals surface area contributed by atoms with Gasteiger partial charge in [0.1, 0.15) is 19.4 Å². The van der Waals surface area contributed by atoms with Gasteiger partial charge in [-0.05, 0) is 56.5 Å². The lowest BCUT2D eigenvalue weighted by molar-refractivity contribution is -0.386. The summed E-state index contributed by atoms with van der Waals surface area (Å²) in [6, 6.07) is 14.3. The lowest BCUT2D eigenvalue weighted by Crippen LogP contribution is -2.49. The number of carbonyl (C=O) groups excluding carboxylic acids is 2. The molecule has 1 fully saturated rings. The third-order valence-corrected chi connectivity index (χ3v) is 7.77. The summed E-state index contributed by atoms with van der Waals surface area (Å²) in [5.41, 5.74) is 1.29. The Morgan fingerprint density at radius 1 is 0.976 bits per heavy atom. The number of hydrogen-bond acceptors (Lipinski definition) is 9. The van der Waals surface area contributed by atoms with E-state index in [0.717, 1.165) is 5.56 Å². The first-order valence-corrected chi connectivity index (χ1v) is 14.3. The second-order valence-corrected chi connectivity index (χ2v) is 11.2. The molecule has 11 nitrogen and oxygen atoms in total. The van der Waals surface area contributed by atoms with Gasteiger partial charge in [0.05, 0.1) is 11.5 Å². The number of nitro benzene ring substituents is 1. The highest BCUT2D eigenvalue weighted by atomic mass is 16.7. The number of nitro groups is 1. The Bertz CT molecular complexity index is 1190. The topological polar surface area (TPSA) is 121 Å². The number of Topliss-reactive ketones (excluding diaryl/α,β-unsaturated/α-hetero) is 1. The highest BCUT2D eigenvalue weighted by Gasteiger charge is 2.42. The first-order valence-electron chi connectivity index (χ1n) is 14.3. The third-order valence-electron chi connectivity index (χ3n) is 7.77.